The molecular weight excluding hydrogens is 244 g/mol. The van der Waals surface area contributed by atoms with Crippen molar-refractivity contribution >= 4 is 0 Å². The van der Waals surface area contributed by atoms with E-state index in [9.17, 15) is 0 Å². The van der Waals surface area contributed by atoms with Crippen molar-refractivity contribution in [3.63, 3.8) is 0 Å². The Morgan fingerprint density at radius 3 is 2.45 bits per heavy atom. The molecule has 0 saturated carbocycles. The minimum atomic E-state index is 0.461. The van der Waals surface area contributed by atoms with Gasteiger partial charge in [-0.3, -0.25) is 0 Å². The van der Waals surface area contributed by atoms with Crippen LogP contribution < -0.4 is 5.32 Å². The predicted molar refractivity (Wildman–Crippen MR) is 87.1 cm³/mol. The number of nitrogens with one attached hydrogen (secondary N) is 1. The first kappa shape index (κ1) is 15.5. The first-order valence-corrected chi connectivity index (χ1v) is 8.03. The van der Waals surface area contributed by atoms with Crippen molar-refractivity contribution < 1.29 is 0 Å². The minimum Gasteiger partial charge on any atom is -0.309 e. The molecule has 1 saturated heterocycles. The highest BCUT2D eigenvalue weighted by Gasteiger charge is 2.27. The molecule has 1 aromatic rings. The molecule has 1 fully saturated rings. The van der Waals surface area contributed by atoms with Crippen molar-refractivity contribution in [2.45, 2.75) is 46.6 Å². The van der Waals surface area contributed by atoms with Gasteiger partial charge in [0.1, 0.15) is 0 Å². The summed E-state index contributed by atoms with van der Waals surface area (Å²) < 4.78 is 0. The van der Waals surface area contributed by atoms with Crippen molar-refractivity contribution in [2.75, 3.05) is 26.2 Å². The molecule has 1 unspecified atom stereocenters. The lowest BCUT2D eigenvalue weighted by atomic mass is 9.82. The van der Waals surface area contributed by atoms with Crippen LogP contribution in [0, 0.1) is 12.3 Å². The van der Waals surface area contributed by atoms with Crippen LogP contribution in [0.4, 0.5) is 0 Å². The number of hydrogen-bond donors (Lipinski definition) is 1. The molecule has 2 heteroatoms. The fraction of sp³-hybridized carbons (Fsp3) is 0.667. The molecule has 2 nitrogen and oxygen atoms in total. The van der Waals surface area contributed by atoms with E-state index in [1.54, 1.807) is 0 Å². The fourth-order valence-corrected chi connectivity index (χ4v) is 3.10. The number of benzene rings is 1. The zero-order valence-corrected chi connectivity index (χ0v) is 13.6. The molecule has 0 aromatic heterocycles. The number of rotatable bonds is 5. The van der Waals surface area contributed by atoms with E-state index in [1.165, 1.54) is 37.1 Å². The molecule has 0 bridgehead atoms. The van der Waals surface area contributed by atoms with Gasteiger partial charge in [-0.25, -0.2) is 0 Å². The molecule has 1 aliphatic rings. The number of nitrogens with zero attached hydrogens (tertiary/aromatic N) is 1. The average Bonchev–Trinajstić information content (AvgIpc) is 2.41. The van der Waals surface area contributed by atoms with Crippen molar-refractivity contribution in [1.29, 1.82) is 0 Å². The van der Waals surface area contributed by atoms with Gasteiger partial charge in [0.2, 0.25) is 0 Å². The Bertz CT molecular complexity index is 415. The quantitative estimate of drug-likeness (QED) is 0.879. The summed E-state index contributed by atoms with van der Waals surface area (Å²) in [5.74, 6) is 0. The summed E-state index contributed by atoms with van der Waals surface area (Å²) in [5, 5.41) is 3.67. The molecule has 1 aliphatic heterocycles. The second kappa shape index (κ2) is 6.73. The van der Waals surface area contributed by atoms with Gasteiger partial charge in [0.25, 0.3) is 0 Å². The average molecular weight is 274 g/mol. The van der Waals surface area contributed by atoms with Crippen LogP contribution in [-0.4, -0.2) is 31.1 Å². The van der Waals surface area contributed by atoms with E-state index in [1.807, 2.05) is 0 Å². The van der Waals surface area contributed by atoms with E-state index in [0.717, 1.165) is 13.1 Å². The highest BCUT2D eigenvalue weighted by atomic mass is 15.2. The van der Waals surface area contributed by atoms with Crippen LogP contribution in [0.3, 0.4) is 0 Å². The van der Waals surface area contributed by atoms with Crippen LogP contribution in [0.1, 0.15) is 50.8 Å². The molecule has 0 spiro atoms. The number of likely N-dealkylation sites (N-methyl/N-ethyl adjacent to an activating group) is 1. The van der Waals surface area contributed by atoms with Crippen molar-refractivity contribution in [3.05, 3.63) is 35.4 Å². The molecule has 1 N–H and O–H groups in total. The van der Waals surface area contributed by atoms with E-state index in [-0.39, 0.29) is 0 Å². The van der Waals surface area contributed by atoms with Crippen molar-refractivity contribution in [3.8, 4) is 0 Å². The van der Waals surface area contributed by atoms with Gasteiger partial charge in [-0.2, -0.15) is 0 Å². The third-order valence-corrected chi connectivity index (χ3v) is 4.66. The van der Waals surface area contributed by atoms with E-state index >= 15 is 0 Å². The molecule has 0 aliphatic carbocycles. The Hall–Kier alpha value is -0.860. The van der Waals surface area contributed by atoms with Gasteiger partial charge in [-0.1, -0.05) is 45.0 Å². The van der Waals surface area contributed by atoms with Crippen molar-refractivity contribution in [1.82, 2.24) is 10.2 Å². The van der Waals surface area contributed by atoms with Gasteiger partial charge in [0.05, 0.1) is 0 Å². The topological polar surface area (TPSA) is 15.3 Å². The van der Waals surface area contributed by atoms with E-state index in [0.29, 0.717) is 11.5 Å². The molecule has 20 heavy (non-hydrogen) atoms. The van der Waals surface area contributed by atoms with Crippen LogP contribution in [0.5, 0.6) is 0 Å². The molecule has 0 amide bonds. The third-order valence-electron chi connectivity index (χ3n) is 4.66. The van der Waals surface area contributed by atoms with Crippen LogP contribution in [0.15, 0.2) is 24.3 Å². The zero-order chi connectivity index (χ0) is 14.6. The maximum Gasteiger partial charge on any atom is 0.0451 e. The normalized spacial score (nSPS) is 20.8. The molecule has 1 aromatic carbocycles. The highest BCUT2D eigenvalue weighted by molar-refractivity contribution is 5.29. The summed E-state index contributed by atoms with van der Waals surface area (Å²) in [7, 11) is 0. The summed E-state index contributed by atoms with van der Waals surface area (Å²) in [4.78, 5) is 2.63. The molecule has 2 rings (SSSR count). The lowest BCUT2D eigenvalue weighted by Crippen LogP contribution is -2.42. The number of aryl methyl sites for hydroxylation is 1. The third kappa shape index (κ3) is 4.07. The van der Waals surface area contributed by atoms with Gasteiger partial charge >= 0.3 is 0 Å². The SMILES string of the molecule is CCNC(CN1CCC(C)(C)CC1)c1ccccc1C. The smallest absolute Gasteiger partial charge is 0.0451 e. The van der Waals surface area contributed by atoms with Crippen LogP contribution in [0.2, 0.25) is 0 Å². The lowest BCUT2D eigenvalue weighted by molar-refractivity contribution is 0.122. The number of piperidine rings is 1. The van der Waals surface area contributed by atoms with Crippen LogP contribution in [-0.2, 0) is 0 Å². The largest absolute Gasteiger partial charge is 0.309 e. The summed E-state index contributed by atoms with van der Waals surface area (Å²) in [6.45, 7) is 13.8. The Balaban J connectivity index is 2.02. The van der Waals surface area contributed by atoms with E-state index in [2.05, 4.69) is 62.2 Å². The van der Waals surface area contributed by atoms with Crippen LogP contribution in [0.25, 0.3) is 0 Å². The van der Waals surface area contributed by atoms with Gasteiger partial charge in [-0.05, 0) is 55.9 Å². The predicted octanol–water partition coefficient (Wildman–Crippen LogP) is 3.77. The zero-order valence-electron chi connectivity index (χ0n) is 13.6. The summed E-state index contributed by atoms with van der Waals surface area (Å²) in [6, 6.07) is 9.25. The Labute approximate surface area is 124 Å². The Morgan fingerprint density at radius 2 is 1.85 bits per heavy atom. The molecule has 1 atom stereocenters. The summed E-state index contributed by atoms with van der Waals surface area (Å²) >= 11 is 0. The van der Waals surface area contributed by atoms with Gasteiger partial charge in [0, 0.05) is 12.6 Å². The van der Waals surface area contributed by atoms with E-state index in [4.69, 9.17) is 0 Å². The van der Waals surface area contributed by atoms with Gasteiger partial charge in [-0.15, -0.1) is 0 Å². The monoisotopic (exact) mass is 274 g/mol. The maximum absolute atomic E-state index is 3.67. The molecule has 112 valence electrons. The molecular formula is C18H30N2. The summed E-state index contributed by atoms with van der Waals surface area (Å²) in [5.41, 5.74) is 3.39. The maximum atomic E-state index is 3.67. The summed E-state index contributed by atoms with van der Waals surface area (Å²) in [6.07, 6.45) is 2.64. The second-order valence-electron chi connectivity index (χ2n) is 6.93. The fourth-order valence-electron chi connectivity index (χ4n) is 3.10. The van der Waals surface area contributed by atoms with Crippen LogP contribution >= 0.6 is 0 Å². The van der Waals surface area contributed by atoms with E-state index < -0.39 is 0 Å². The first-order valence-electron chi connectivity index (χ1n) is 8.03. The Morgan fingerprint density at radius 1 is 1.20 bits per heavy atom. The number of likely N-dealkylation sites (tertiary alicyclic amines) is 1. The lowest BCUT2D eigenvalue weighted by Gasteiger charge is -2.38. The number of hydrogen-bond acceptors (Lipinski definition) is 2. The molecule has 1 heterocycles. The Kier molecular flexibility index (Phi) is 5.22. The molecule has 0 radical (unpaired) electrons. The minimum absolute atomic E-state index is 0.461. The second-order valence-corrected chi connectivity index (χ2v) is 6.93. The highest BCUT2D eigenvalue weighted by Crippen LogP contribution is 2.30. The standard InChI is InChI=1S/C18H30N2/c1-5-19-17(16-9-7-6-8-15(16)2)14-20-12-10-18(3,4)11-13-20/h6-9,17,19H,5,10-14H2,1-4H3. The van der Waals surface area contributed by atoms with Gasteiger partial charge in [0.15, 0.2) is 0 Å². The first-order chi connectivity index (χ1) is 9.52. The van der Waals surface area contributed by atoms with Gasteiger partial charge < -0.3 is 10.2 Å². The van der Waals surface area contributed by atoms with Crippen molar-refractivity contribution in [2.24, 2.45) is 5.41 Å².